The van der Waals surface area contributed by atoms with Gasteiger partial charge in [-0.05, 0) is 61.7 Å². The number of nitrogens with one attached hydrogen (secondary N) is 1. The highest BCUT2D eigenvalue weighted by Crippen LogP contribution is 2.44. The van der Waals surface area contributed by atoms with E-state index in [-0.39, 0.29) is 5.75 Å². The molecular formula is C23H22N2O3. The van der Waals surface area contributed by atoms with Gasteiger partial charge in [0.25, 0.3) is 0 Å². The number of rotatable bonds is 4. The van der Waals surface area contributed by atoms with Crippen molar-refractivity contribution >= 4 is 22.3 Å². The number of methoxy groups -OCH3 is 1. The Morgan fingerprint density at radius 3 is 2.54 bits per heavy atom. The minimum atomic E-state index is 0.0963. The molecule has 142 valence electrons. The van der Waals surface area contributed by atoms with E-state index < -0.39 is 0 Å². The third kappa shape index (κ3) is 2.95. The smallest absolute Gasteiger partial charge is 0.167 e. The average Bonchev–Trinajstić information content (AvgIpc) is 3.10. The number of fused-ring (bicyclic) bond motifs is 1. The normalized spacial score (nSPS) is 11.0. The number of aryl methyl sites for hydroxylation is 2. The number of phenols is 1. The van der Waals surface area contributed by atoms with Crippen molar-refractivity contribution in [1.29, 1.82) is 0 Å². The predicted molar refractivity (Wildman–Crippen MR) is 112 cm³/mol. The van der Waals surface area contributed by atoms with Crippen molar-refractivity contribution in [2.75, 3.05) is 12.4 Å². The van der Waals surface area contributed by atoms with Crippen LogP contribution in [0.25, 0.3) is 22.2 Å². The van der Waals surface area contributed by atoms with Crippen LogP contribution in [-0.4, -0.2) is 17.4 Å². The molecule has 0 radical (unpaired) electrons. The lowest BCUT2D eigenvalue weighted by molar-refractivity contribution is 0.409. The van der Waals surface area contributed by atoms with Crippen LogP contribution in [0.15, 0.2) is 53.1 Å². The van der Waals surface area contributed by atoms with E-state index in [4.69, 9.17) is 9.26 Å². The predicted octanol–water partition coefficient (Wildman–Crippen LogP) is 5.88. The summed E-state index contributed by atoms with van der Waals surface area (Å²) in [4.78, 5) is 0. The molecule has 0 aliphatic rings. The number of para-hydroxylation sites is 1. The lowest BCUT2D eigenvalue weighted by Gasteiger charge is -2.18. The van der Waals surface area contributed by atoms with E-state index in [0.717, 1.165) is 22.3 Å². The minimum absolute atomic E-state index is 0.0963. The van der Waals surface area contributed by atoms with Crippen molar-refractivity contribution in [1.82, 2.24) is 5.16 Å². The number of phenolic OH excluding ortho intramolecular Hbond substituents is 1. The first-order valence-corrected chi connectivity index (χ1v) is 9.09. The molecular weight excluding hydrogens is 352 g/mol. The molecule has 0 atom stereocenters. The molecule has 1 heterocycles. The Balaban J connectivity index is 1.89. The van der Waals surface area contributed by atoms with Gasteiger partial charge in [-0.1, -0.05) is 23.4 Å². The van der Waals surface area contributed by atoms with Crippen LogP contribution in [0.4, 0.5) is 11.4 Å². The van der Waals surface area contributed by atoms with Crippen LogP contribution >= 0.6 is 0 Å². The molecule has 1 aromatic heterocycles. The molecule has 0 fully saturated rings. The second-order valence-electron chi connectivity index (χ2n) is 6.92. The molecule has 4 aromatic rings. The van der Waals surface area contributed by atoms with Crippen LogP contribution in [0.1, 0.15) is 16.7 Å². The highest BCUT2D eigenvalue weighted by Gasteiger charge is 2.21. The number of anilines is 2. The number of ether oxygens (including phenoxy) is 1. The van der Waals surface area contributed by atoms with Gasteiger partial charge in [-0.2, -0.15) is 0 Å². The zero-order valence-electron chi connectivity index (χ0n) is 16.3. The van der Waals surface area contributed by atoms with Gasteiger partial charge in [0.2, 0.25) is 0 Å². The molecule has 3 aromatic carbocycles. The fraction of sp³-hybridized carbons (Fsp3) is 0.174. The first-order chi connectivity index (χ1) is 13.5. The second kappa shape index (κ2) is 6.93. The topological polar surface area (TPSA) is 67.5 Å². The molecule has 0 aliphatic carbocycles. The number of aromatic hydroxyl groups is 1. The van der Waals surface area contributed by atoms with E-state index >= 15 is 0 Å². The van der Waals surface area contributed by atoms with E-state index in [1.807, 2.05) is 37.3 Å². The zero-order chi connectivity index (χ0) is 19.8. The van der Waals surface area contributed by atoms with Crippen molar-refractivity contribution in [3.63, 3.8) is 0 Å². The summed E-state index contributed by atoms with van der Waals surface area (Å²) in [5.41, 5.74) is 6.90. The monoisotopic (exact) mass is 374 g/mol. The quantitative estimate of drug-likeness (QED) is 0.437. The van der Waals surface area contributed by atoms with Crippen molar-refractivity contribution < 1.29 is 14.4 Å². The molecule has 0 amide bonds. The zero-order valence-corrected chi connectivity index (χ0v) is 16.3. The Labute approximate surface area is 163 Å². The van der Waals surface area contributed by atoms with Crippen LogP contribution < -0.4 is 10.1 Å². The number of nitrogens with zero attached hydrogens (tertiary/aromatic N) is 1. The highest BCUT2D eigenvalue weighted by molar-refractivity contribution is 5.96. The number of hydrogen-bond donors (Lipinski definition) is 2. The number of aromatic nitrogens is 1. The van der Waals surface area contributed by atoms with Gasteiger partial charge in [0, 0.05) is 17.1 Å². The molecule has 5 nitrogen and oxygen atoms in total. The molecule has 0 saturated heterocycles. The van der Waals surface area contributed by atoms with Crippen molar-refractivity contribution in [3.8, 4) is 22.8 Å². The summed E-state index contributed by atoms with van der Waals surface area (Å²) < 4.78 is 11.0. The Morgan fingerprint density at radius 1 is 1.00 bits per heavy atom. The summed E-state index contributed by atoms with van der Waals surface area (Å²) in [5.74, 6) is 0.656. The van der Waals surface area contributed by atoms with Crippen LogP contribution in [0.2, 0.25) is 0 Å². The van der Waals surface area contributed by atoms with Crippen LogP contribution in [0, 0.1) is 20.8 Å². The fourth-order valence-electron chi connectivity index (χ4n) is 3.42. The first-order valence-electron chi connectivity index (χ1n) is 9.09. The Kier molecular flexibility index (Phi) is 4.43. The van der Waals surface area contributed by atoms with Crippen LogP contribution in [0.5, 0.6) is 11.5 Å². The van der Waals surface area contributed by atoms with Gasteiger partial charge in [0.1, 0.15) is 17.2 Å². The van der Waals surface area contributed by atoms with Gasteiger partial charge in [0.15, 0.2) is 5.58 Å². The molecule has 0 bridgehead atoms. The van der Waals surface area contributed by atoms with Gasteiger partial charge in [-0.15, -0.1) is 0 Å². The Morgan fingerprint density at radius 2 is 1.79 bits per heavy atom. The SMILES string of the molecule is COc1cc(O)c(-c2noc3ccccc23)c(C)c1Nc1ccc(C)c(C)c1. The van der Waals surface area contributed by atoms with E-state index in [9.17, 15) is 5.11 Å². The lowest BCUT2D eigenvalue weighted by atomic mass is 9.99. The van der Waals surface area contributed by atoms with Crippen molar-refractivity contribution in [2.45, 2.75) is 20.8 Å². The Bertz CT molecular complexity index is 1180. The van der Waals surface area contributed by atoms with Gasteiger partial charge >= 0.3 is 0 Å². The third-order valence-corrected chi connectivity index (χ3v) is 5.13. The molecule has 5 heteroatoms. The molecule has 28 heavy (non-hydrogen) atoms. The highest BCUT2D eigenvalue weighted by atomic mass is 16.5. The molecule has 2 N–H and O–H groups in total. The summed E-state index contributed by atoms with van der Waals surface area (Å²) in [6.07, 6.45) is 0. The standard InChI is InChI=1S/C23H22N2O3/c1-13-9-10-16(11-14(13)2)24-22-15(3)21(18(26)12-20(22)27-4)23-17-7-5-6-8-19(17)28-25-23/h5-12,24,26H,1-4H3. The van der Waals surface area contributed by atoms with Crippen molar-refractivity contribution in [3.05, 3.63) is 65.2 Å². The summed E-state index contributed by atoms with van der Waals surface area (Å²) in [6, 6.07) is 15.4. The third-order valence-electron chi connectivity index (χ3n) is 5.13. The minimum Gasteiger partial charge on any atom is -0.507 e. The molecule has 0 saturated carbocycles. The van der Waals surface area contributed by atoms with Crippen molar-refractivity contribution in [2.24, 2.45) is 0 Å². The summed E-state index contributed by atoms with van der Waals surface area (Å²) >= 11 is 0. The first kappa shape index (κ1) is 17.9. The van der Waals surface area contributed by atoms with E-state index in [1.165, 1.54) is 11.1 Å². The number of benzene rings is 3. The number of hydrogen-bond acceptors (Lipinski definition) is 5. The molecule has 0 aliphatic heterocycles. The van der Waals surface area contributed by atoms with Crippen LogP contribution in [0.3, 0.4) is 0 Å². The summed E-state index contributed by atoms with van der Waals surface area (Å²) in [5, 5.41) is 19.2. The maximum Gasteiger partial charge on any atom is 0.167 e. The molecule has 4 rings (SSSR count). The lowest BCUT2D eigenvalue weighted by Crippen LogP contribution is -2.00. The fourth-order valence-corrected chi connectivity index (χ4v) is 3.42. The van der Waals surface area contributed by atoms with E-state index in [1.54, 1.807) is 13.2 Å². The van der Waals surface area contributed by atoms with Gasteiger partial charge in [-0.3, -0.25) is 0 Å². The van der Waals surface area contributed by atoms with E-state index in [2.05, 4.69) is 36.5 Å². The van der Waals surface area contributed by atoms with Gasteiger partial charge in [-0.25, -0.2) is 0 Å². The Hall–Kier alpha value is -3.47. The maximum atomic E-state index is 10.7. The maximum absolute atomic E-state index is 10.7. The van der Waals surface area contributed by atoms with Gasteiger partial charge in [0.05, 0.1) is 18.4 Å². The largest absolute Gasteiger partial charge is 0.507 e. The summed E-state index contributed by atoms with van der Waals surface area (Å²) in [7, 11) is 1.59. The molecule has 0 spiro atoms. The van der Waals surface area contributed by atoms with E-state index in [0.29, 0.717) is 22.6 Å². The summed E-state index contributed by atoms with van der Waals surface area (Å²) in [6.45, 7) is 6.10. The average molecular weight is 374 g/mol. The van der Waals surface area contributed by atoms with Crippen LogP contribution in [-0.2, 0) is 0 Å². The second-order valence-corrected chi connectivity index (χ2v) is 6.92. The van der Waals surface area contributed by atoms with Gasteiger partial charge < -0.3 is 19.7 Å². The molecule has 0 unspecified atom stereocenters.